The number of aliphatic hydroxyl groups is 1. The van der Waals surface area contributed by atoms with Gasteiger partial charge in [-0.15, -0.1) is 0 Å². The van der Waals surface area contributed by atoms with E-state index in [1.807, 2.05) is 0 Å². The molecule has 0 amide bonds. The summed E-state index contributed by atoms with van der Waals surface area (Å²) in [6.07, 6.45) is 3.29. The Morgan fingerprint density at radius 2 is 2.14 bits per heavy atom. The molecule has 0 bridgehead atoms. The van der Waals surface area contributed by atoms with Crippen LogP contribution in [0.3, 0.4) is 0 Å². The molecule has 0 aromatic heterocycles. The third kappa shape index (κ3) is 2.04. The fraction of sp³-hybridized carbons (Fsp3) is 0.412. The van der Waals surface area contributed by atoms with E-state index in [2.05, 4.69) is 0 Å². The number of fused-ring (bicyclic) bond motifs is 2. The SMILES string of the molecule is CC(=O)O[C@@H]1C=CC[C@@H]2C(=O)c3c(O)cccc3[C@](C)(O)[C@@H]21. The van der Waals surface area contributed by atoms with E-state index in [1.165, 1.54) is 13.0 Å². The molecule has 3 rings (SSSR count). The minimum absolute atomic E-state index is 0.125. The summed E-state index contributed by atoms with van der Waals surface area (Å²) in [5, 5.41) is 21.1. The molecule has 2 N–H and O–H groups in total. The molecule has 0 saturated carbocycles. The lowest BCUT2D eigenvalue weighted by Gasteiger charge is -2.46. The quantitative estimate of drug-likeness (QED) is 0.611. The van der Waals surface area contributed by atoms with Crippen molar-refractivity contribution < 1.29 is 24.5 Å². The Morgan fingerprint density at radius 3 is 2.82 bits per heavy atom. The van der Waals surface area contributed by atoms with Gasteiger partial charge in [0.05, 0.1) is 11.2 Å². The topological polar surface area (TPSA) is 83.8 Å². The molecule has 5 heteroatoms. The molecular formula is C17H18O5. The van der Waals surface area contributed by atoms with Crippen LogP contribution in [-0.4, -0.2) is 28.1 Å². The largest absolute Gasteiger partial charge is 0.507 e. The summed E-state index contributed by atoms with van der Waals surface area (Å²) in [4.78, 5) is 24.1. The normalized spacial score (nSPS) is 33.0. The Labute approximate surface area is 128 Å². The van der Waals surface area contributed by atoms with E-state index in [1.54, 1.807) is 31.2 Å². The molecule has 22 heavy (non-hydrogen) atoms. The maximum absolute atomic E-state index is 12.7. The molecule has 1 aromatic carbocycles. The second kappa shape index (κ2) is 4.95. The van der Waals surface area contributed by atoms with E-state index in [9.17, 15) is 19.8 Å². The minimum atomic E-state index is -1.38. The van der Waals surface area contributed by atoms with Crippen LogP contribution in [0, 0.1) is 11.8 Å². The molecular weight excluding hydrogens is 284 g/mol. The van der Waals surface area contributed by atoms with Crippen molar-refractivity contribution in [3.05, 3.63) is 41.5 Å². The van der Waals surface area contributed by atoms with Crippen molar-refractivity contribution >= 4 is 11.8 Å². The Hall–Kier alpha value is -2.14. The number of rotatable bonds is 1. The molecule has 0 radical (unpaired) electrons. The van der Waals surface area contributed by atoms with E-state index in [4.69, 9.17) is 4.74 Å². The van der Waals surface area contributed by atoms with Crippen molar-refractivity contribution in [3.63, 3.8) is 0 Å². The number of aromatic hydroxyl groups is 1. The summed E-state index contributed by atoms with van der Waals surface area (Å²) < 4.78 is 5.29. The molecule has 0 heterocycles. The number of carbonyl (C=O) groups excluding carboxylic acids is 2. The van der Waals surface area contributed by atoms with E-state index in [-0.39, 0.29) is 17.1 Å². The predicted octanol–water partition coefficient (Wildman–Crippen LogP) is 1.92. The first-order valence-corrected chi connectivity index (χ1v) is 7.27. The van der Waals surface area contributed by atoms with Crippen LogP contribution >= 0.6 is 0 Å². The minimum Gasteiger partial charge on any atom is -0.507 e. The van der Waals surface area contributed by atoms with E-state index < -0.39 is 29.5 Å². The maximum Gasteiger partial charge on any atom is 0.303 e. The van der Waals surface area contributed by atoms with Crippen LogP contribution in [0.1, 0.15) is 36.2 Å². The fourth-order valence-corrected chi connectivity index (χ4v) is 3.73. The molecule has 5 nitrogen and oxygen atoms in total. The van der Waals surface area contributed by atoms with Crippen molar-refractivity contribution in [1.29, 1.82) is 0 Å². The van der Waals surface area contributed by atoms with Crippen molar-refractivity contribution in [3.8, 4) is 5.75 Å². The van der Waals surface area contributed by atoms with E-state index in [0.29, 0.717) is 12.0 Å². The van der Waals surface area contributed by atoms with Crippen LogP contribution < -0.4 is 0 Å². The number of phenols is 1. The van der Waals surface area contributed by atoms with Gasteiger partial charge in [0.1, 0.15) is 11.9 Å². The number of ketones is 1. The number of ether oxygens (including phenoxy) is 1. The zero-order valence-electron chi connectivity index (χ0n) is 12.4. The van der Waals surface area contributed by atoms with Crippen molar-refractivity contribution in [2.75, 3.05) is 0 Å². The van der Waals surface area contributed by atoms with Gasteiger partial charge in [0, 0.05) is 18.8 Å². The average Bonchev–Trinajstić information content (AvgIpc) is 2.44. The van der Waals surface area contributed by atoms with Gasteiger partial charge in [-0.05, 0) is 31.1 Å². The monoisotopic (exact) mass is 302 g/mol. The first kappa shape index (κ1) is 14.8. The smallest absolute Gasteiger partial charge is 0.303 e. The number of phenolic OH excluding ortho intramolecular Hbond substituents is 1. The van der Waals surface area contributed by atoms with Crippen LogP contribution in [0.2, 0.25) is 0 Å². The summed E-state index contributed by atoms with van der Waals surface area (Å²) in [7, 11) is 0. The van der Waals surface area contributed by atoms with Crippen LogP contribution in [0.5, 0.6) is 5.75 Å². The standard InChI is InChI=1S/C17H18O5/c1-9(18)22-13-8-3-5-10-15(13)17(2,21)11-6-4-7-12(19)14(11)16(10)20/h3-4,6-8,10,13,15,19,21H,5H2,1-2H3/t10-,13+,15-,17-/m0/s1. The molecule has 0 aliphatic heterocycles. The third-order valence-corrected chi connectivity index (χ3v) is 4.63. The molecule has 2 aliphatic rings. The Kier molecular flexibility index (Phi) is 3.33. The highest BCUT2D eigenvalue weighted by atomic mass is 16.5. The van der Waals surface area contributed by atoms with Crippen LogP contribution in [0.25, 0.3) is 0 Å². The van der Waals surface area contributed by atoms with E-state index in [0.717, 1.165) is 0 Å². The number of carbonyl (C=O) groups is 2. The first-order chi connectivity index (χ1) is 10.3. The summed E-state index contributed by atoms with van der Waals surface area (Å²) >= 11 is 0. The number of allylic oxidation sites excluding steroid dienone is 1. The lowest BCUT2D eigenvalue weighted by Crippen LogP contribution is -2.52. The molecule has 1 aromatic rings. The van der Waals surface area contributed by atoms with Crippen molar-refractivity contribution in [1.82, 2.24) is 0 Å². The molecule has 2 aliphatic carbocycles. The maximum atomic E-state index is 12.7. The lowest BCUT2D eigenvalue weighted by molar-refractivity contribution is -0.155. The Morgan fingerprint density at radius 1 is 1.41 bits per heavy atom. The zero-order valence-corrected chi connectivity index (χ0v) is 12.4. The highest BCUT2D eigenvalue weighted by Crippen LogP contribution is 2.49. The fourth-order valence-electron chi connectivity index (χ4n) is 3.73. The highest BCUT2D eigenvalue weighted by molar-refractivity contribution is 6.03. The van der Waals surface area contributed by atoms with Crippen LogP contribution in [-0.2, 0) is 15.1 Å². The molecule has 0 spiro atoms. The lowest BCUT2D eigenvalue weighted by atomic mass is 9.61. The summed E-state index contributed by atoms with van der Waals surface area (Å²) in [5.41, 5.74) is -0.825. The van der Waals surface area contributed by atoms with Gasteiger partial charge >= 0.3 is 5.97 Å². The predicted molar refractivity (Wildman–Crippen MR) is 78.3 cm³/mol. The highest BCUT2D eigenvalue weighted by Gasteiger charge is 2.53. The second-order valence-corrected chi connectivity index (χ2v) is 6.08. The van der Waals surface area contributed by atoms with Gasteiger partial charge < -0.3 is 14.9 Å². The van der Waals surface area contributed by atoms with Gasteiger partial charge in [-0.25, -0.2) is 0 Å². The first-order valence-electron chi connectivity index (χ1n) is 7.27. The van der Waals surface area contributed by atoms with Crippen LogP contribution in [0.15, 0.2) is 30.4 Å². The molecule has 0 unspecified atom stereocenters. The molecule has 116 valence electrons. The number of hydrogen-bond acceptors (Lipinski definition) is 5. The Balaban J connectivity index is 2.16. The number of hydrogen-bond donors (Lipinski definition) is 2. The number of Topliss-reactive ketones (excluding diaryl/α,β-unsaturated/α-hetero) is 1. The average molecular weight is 302 g/mol. The van der Waals surface area contributed by atoms with E-state index >= 15 is 0 Å². The third-order valence-electron chi connectivity index (χ3n) is 4.63. The molecule has 0 fully saturated rings. The van der Waals surface area contributed by atoms with Crippen LogP contribution in [0.4, 0.5) is 0 Å². The van der Waals surface area contributed by atoms with Gasteiger partial charge in [0.25, 0.3) is 0 Å². The zero-order chi connectivity index (χ0) is 16.1. The van der Waals surface area contributed by atoms with Gasteiger partial charge in [-0.3, -0.25) is 9.59 Å². The van der Waals surface area contributed by atoms with Crippen molar-refractivity contribution in [2.45, 2.75) is 32.0 Å². The second-order valence-electron chi connectivity index (χ2n) is 6.08. The summed E-state index contributed by atoms with van der Waals surface area (Å²) in [6, 6.07) is 4.66. The molecule has 4 atom stereocenters. The van der Waals surface area contributed by atoms with Gasteiger partial charge in [-0.1, -0.05) is 18.2 Å². The Bertz CT molecular complexity index is 674. The summed E-state index contributed by atoms with van der Waals surface area (Å²) in [5.74, 6) is -1.89. The molecule has 0 saturated heterocycles. The van der Waals surface area contributed by atoms with Gasteiger partial charge in [0.15, 0.2) is 5.78 Å². The van der Waals surface area contributed by atoms with Gasteiger partial charge in [-0.2, -0.15) is 0 Å². The summed E-state index contributed by atoms with van der Waals surface area (Å²) in [6.45, 7) is 2.90. The van der Waals surface area contributed by atoms with Crippen molar-refractivity contribution in [2.24, 2.45) is 11.8 Å². The number of esters is 1. The van der Waals surface area contributed by atoms with Gasteiger partial charge in [0.2, 0.25) is 0 Å². The number of benzene rings is 1.